The topological polar surface area (TPSA) is 83.1 Å². The summed E-state index contributed by atoms with van der Waals surface area (Å²) in [5.41, 5.74) is 2.42. The Morgan fingerprint density at radius 2 is 1.92 bits per heavy atom. The monoisotopic (exact) mass is 508 g/mol. The largest absolute Gasteiger partial charge is 0.483 e. The van der Waals surface area contributed by atoms with E-state index in [1.54, 1.807) is 12.4 Å². The zero-order valence-electron chi connectivity index (χ0n) is 21.0. The van der Waals surface area contributed by atoms with Gasteiger partial charge in [0.05, 0.1) is 24.5 Å². The number of rotatable bonds is 4. The summed E-state index contributed by atoms with van der Waals surface area (Å²) in [5.74, 6) is 1.61. The van der Waals surface area contributed by atoms with E-state index in [2.05, 4.69) is 31.7 Å². The van der Waals surface area contributed by atoms with Crippen molar-refractivity contribution in [3.8, 4) is 5.75 Å². The second-order valence-electron chi connectivity index (χ2n) is 10.2. The second kappa shape index (κ2) is 10.3. The highest BCUT2D eigenvalue weighted by atomic mass is 19.1. The fraction of sp³-hybridized carbons (Fsp3) is 0.519. The molecule has 1 atom stereocenters. The predicted molar refractivity (Wildman–Crippen MR) is 138 cm³/mol. The lowest BCUT2D eigenvalue weighted by molar-refractivity contribution is -0.125. The van der Waals surface area contributed by atoms with Crippen LogP contribution in [0, 0.1) is 5.82 Å². The first-order valence-electron chi connectivity index (χ1n) is 13.2. The van der Waals surface area contributed by atoms with Crippen molar-refractivity contribution < 1.29 is 18.7 Å². The minimum absolute atomic E-state index is 0.0106. The van der Waals surface area contributed by atoms with E-state index in [-0.39, 0.29) is 30.0 Å². The number of benzene rings is 1. The number of fused-ring (bicyclic) bond motifs is 2. The molecule has 4 aliphatic heterocycles. The van der Waals surface area contributed by atoms with Gasteiger partial charge in [-0.25, -0.2) is 14.4 Å². The fourth-order valence-electron chi connectivity index (χ4n) is 6.02. The molecule has 2 aromatic rings. The number of hydrogen-bond acceptors (Lipinski definition) is 8. The molecule has 0 aliphatic carbocycles. The van der Waals surface area contributed by atoms with E-state index in [0.717, 1.165) is 75.5 Å². The van der Waals surface area contributed by atoms with Gasteiger partial charge in [0.25, 0.3) is 0 Å². The van der Waals surface area contributed by atoms with Crippen LogP contribution in [-0.4, -0.2) is 84.2 Å². The molecule has 1 aromatic carbocycles. The van der Waals surface area contributed by atoms with Gasteiger partial charge in [-0.15, -0.1) is 0 Å². The molecule has 1 amide bonds. The molecule has 3 saturated heterocycles. The zero-order chi connectivity index (χ0) is 25.4. The Bertz CT molecular complexity index is 1180. The number of nitrogens with one attached hydrogen (secondary N) is 1. The van der Waals surface area contributed by atoms with Crippen molar-refractivity contribution in [2.45, 2.75) is 37.8 Å². The number of morpholine rings is 1. The summed E-state index contributed by atoms with van der Waals surface area (Å²) in [6.07, 6.45) is 5.83. The van der Waals surface area contributed by atoms with Gasteiger partial charge in [0, 0.05) is 32.2 Å². The highest BCUT2D eigenvalue weighted by molar-refractivity contribution is 5.87. The SMILES string of the molecule is C=CC(=O)N1CC[C@H](N2CCC(c3cc(F)c4c(c3)Nc3ncnc(N5CCOCC5)c3CO4)CC2)C1. The molecule has 0 bridgehead atoms. The van der Waals surface area contributed by atoms with Gasteiger partial charge < -0.3 is 24.6 Å². The fourth-order valence-corrected chi connectivity index (χ4v) is 6.02. The van der Waals surface area contributed by atoms with Crippen LogP contribution in [0.15, 0.2) is 31.1 Å². The van der Waals surface area contributed by atoms with Gasteiger partial charge in [0.2, 0.25) is 5.91 Å². The molecule has 3 fully saturated rings. The molecule has 4 aliphatic rings. The van der Waals surface area contributed by atoms with Gasteiger partial charge >= 0.3 is 0 Å². The summed E-state index contributed by atoms with van der Waals surface area (Å²) in [6, 6.07) is 4.04. The third-order valence-electron chi connectivity index (χ3n) is 8.08. The third kappa shape index (κ3) is 4.75. The molecular formula is C27H33FN6O3. The number of aromatic nitrogens is 2. The number of amides is 1. The maximum Gasteiger partial charge on any atom is 0.246 e. The Morgan fingerprint density at radius 1 is 1.11 bits per heavy atom. The Kier molecular flexibility index (Phi) is 6.69. The number of hydrogen-bond donors (Lipinski definition) is 1. The molecule has 5 heterocycles. The molecule has 1 N–H and O–H groups in total. The van der Waals surface area contributed by atoms with Crippen LogP contribution in [0.3, 0.4) is 0 Å². The molecule has 0 saturated carbocycles. The lowest BCUT2D eigenvalue weighted by Gasteiger charge is -2.36. The summed E-state index contributed by atoms with van der Waals surface area (Å²) < 4.78 is 26.8. The minimum Gasteiger partial charge on any atom is -0.483 e. The predicted octanol–water partition coefficient (Wildman–Crippen LogP) is 3.05. The molecule has 196 valence electrons. The van der Waals surface area contributed by atoms with Crippen LogP contribution in [0.2, 0.25) is 0 Å². The van der Waals surface area contributed by atoms with Crippen LogP contribution < -0.4 is 15.0 Å². The molecule has 1 aromatic heterocycles. The summed E-state index contributed by atoms with van der Waals surface area (Å²) in [7, 11) is 0. The third-order valence-corrected chi connectivity index (χ3v) is 8.08. The molecular weight excluding hydrogens is 475 g/mol. The Morgan fingerprint density at radius 3 is 2.70 bits per heavy atom. The molecule has 0 unspecified atom stereocenters. The summed E-state index contributed by atoms with van der Waals surface area (Å²) in [5, 5.41) is 3.35. The number of carbonyl (C=O) groups excluding carboxylic acids is 1. The lowest BCUT2D eigenvalue weighted by Crippen LogP contribution is -2.43. The molecule has 37 heavy (non-hydrogen) atoms. The van der Waals surface area contributed by atoms with Gasteiger partial charge in [-0.2, -0.15) is 0 Å². The second-order valence-corrected chi connectivity index (χ2v) is 10.2. The van der Waals surface area contributed by atoms with Gasteiger partial charge in [-0.1, -0.05) is 6.58 Å². The summed E-state index contributed by atoms with van der Waals surface area (Å²) in [6.45, 7) is 10.0. The van der Waals surface area contributed by atoms with Crippen LogP contribution in [0.5, 0.6) is 5.75 Å². The van der Waals surface area contributed by atoms with E-state index in [0.29, 0.717) is 30.8 Å². The minimum atomic E-state index is -0.356. The lowest BCUT2D eigenvalue weighted by atomic mass is 9.88. The molecule has 0 spiro atoms. The Balaban J connectivity index is 1.16. The van der Waals surface area contributed by atoms with Crippen LogP contribution in [0.4, 0.5) is 21.7 Å². The van der Waals surface area contributed by atoms with Crippen LogP contribution in [0.1, 0.15) is 36.3 Å². The van der Waals surface area contributed by atoms with Crippen molar-refractivity contribution in [3.05, 3.63) is 48.1 Å². The van der Waals surface area contributed by atoms with Crippen LogP contribution in [0.25, 0.3) is 0 Å². The normalized spacial score (nSPS) is 22.5. The molecule has 9 nitrogen and oxygen atoms in total. The van der Waals surface area contributed by atoms with E-state index < -0.39 is 0 Å². The number of ether oxygens (including phenoxy) is 2. The van der Waals surface area contributed by atoms with E-state index in [4.69, 9.17) is 9.47 Å². The number of halogens is 1. The van der Waals surface area contributed by atoms with Gasteiger partial charge in [-0.05, 0) is 62.0 Å². The Labute approximate surface area is 216 Å². The van der Waals surface area contributed by atoms with Crippen LogP contribution in [-0.2, 0) is 16.1 Å². The van der Waals surface area contributed by atoms with Crippen molar-refractivity contribution in [2.24, 2.45) is 0 Å². The number of anilines is 3. The van der Waals surface area contributed by atoms with E-state index >= 15 is 4.39 Å². The summed E-state index contributed by atoms with van der Waals surface area (Å²) in [4.78, 5) is 27.4. The first-order chi connectivity index (χ1) is 18.1. The van der Waals surface area contributed by atoms with Crippen molar-refractivity contribution in [1.82, 2.24) is 19.8 Å². The number of piperidine rings is 1. The number of likely N-dealkylation sites (tertiary alicyclic amines) is 2. The first-order valence-corrected chi connectivity index (χ1v) is 13.2. The van der Waals surface area contributed by atoms with Crippen molar-refractivity contribution >= 4 is 23.2 Å². The van der Waals surface area contributed by atoms with Crippen molar-refractivity contribution in [1.29, 1.82) is 0 Å². The molecule has 10 heteroatoms. The highest BCUT2D eigenvalue weighted by Gasteiger charge is 2.33. The maximum atomic E-state index is 15.3. The standard InChI is InChI=1S/C27H33FN6O3/c1-2-24(35)34-8-5-20(15-34)32-6-3-18(4-7-32)19-13-22(28)25-23(14-19)31-26-21(16-37-25)27(30-17-29-26)33-9-11-36-12-10-33/h2,13-14,17-18,20H,1,3-12,15-16H2,(H,29,30,31)/t20-/m0/s1. The van der Waals surface area contributed by atoms with Gasteiger partial charge in [0.15, 0.2) is 11.6 Å². The number of nitrogens with zero attached hydrogens (tertiary/aromatic N) is 5. The molecule has 0 radical (unpaired) electrons. The molecule has 6 rings (SSSR count). The quantitative estimate of drug-likeness (QED) is 0.631. The van der Waals surface area contributed by atoms with E-state index in [1.807, 2.05) is 11.0 Å². The van der Waals surface area contributed by atoms with E-state index in [9.17, 15) is 4.79 Å². The average Bonchev–Trinajstić information content (AvgIpc) is 3.35. The van der Waals surface area contributed by atoms with Gasteiger partial charge in [-0.3, -0.25) is 9.69 Å². The smallest absolute Gasteiger partial charge is 0.246 e. The van der Waals surface area contributed by atoms with Crippen molar-refractivity contribution in [2.75, 3.05) is 62.7 Å². The van der Waals surface area contributed by atoms with Gasteiger partial charge in [0.1, 0.15) is 24.6 Å². The zero-order valence-corrected chi connectivity index (χ0v) is 21.0. The maximum absolute atomic E-state index is 15.3. The highest BCUT2D eigenvalue weighted by Crippen LogP contribution is 2.41. The van der Waals surface area contributed by atoms with Crippen molar-refractivity contribution in [3.63, 3.8) is 0 Å². The van der Waals surface area contributed by atoms with E-state index in [1.165, 1.54) is 6.08 Å². The average molecular weight is 509 g/mol. The first kappa shape index (κ1) is 24.1. The Hall–Kier alpha value is -3.24. The summed E-state index contributed by atoms with van der Waals surface area (Å²) >= 11 is 0. The number of carbonyl (C=O) groups is 1. The van der Waals surface area contributed by atoms with Crippen LogP contribution >= 0.6 is 0 Å².